The molecule has 1 aliphatic heterocycles. The molecule has 3 rings (SSSR count). The van der Waals surface area contributed by atoms with Crippen LogP contribution in [0.25, 0.3) is 0 Å². The fourth-order valence-electron chi connectivity index (χ4n) is 2.42. The zero-order chi connectivity index (χ0) is 15.0. The van der Waals surface area contributed by atoms with Crippen molar-refractivity contribution in [2.45, 2.75) is 6.54 Å². The van der Waals surface area contributed by atoms with Gasteiger partial charge in [0, 0.05) is 5.56 Å². The van der Waals surface area contributed by atoms with Crippen LogP contribution in [0.1, 0.15) is 26.3 Å². The molecule has 0 saturated heterocycles. The zero-order valence-corrected chi connectivity index (χ0v) is 11.3. The minimum atomic E-state index is -0.442. The summed E-state index contributed by atoms with van der Waals surface area (Å²) in [5.74, 6) is -0.751. The van der Waals surface area contributed by atoms with Gasteiger partial charge in [0.2, 0.25) is 0 Å². The first-order chi connectivity index (χ1) is 10.1. The Morgan fingerprint density at radius 2 is 1.67 bits per heavy atom. The van der Waals surface area contributed by atoms with Gasteiger partial charge in [0.1, 0.15) is 11.6 Å². The van der Waals surface area contributed by atoms with E-state index in [4.69, 9.17) is 4.74 Å². The number of imide groups is 1. The Morgan fingerprint density at radius 3 is 2.24 bits per heavy atom. The second-order valence-corrected chi connectivity index (χ2v) is 4.70. The highest BCUT2D eigenvalue weighted by Crippen LogP contribution is 2.27. The molecule has 21 heavy (non-hydrogen) atoms. The van der Waals surface area contributed by atoms with Gasteiger partial charge >= 0.3 is 0 Å². The molecular weight excluding hydrogens is 273 g/mol. The van der Waals surface area contributed by atoms with Crippen LogP contribution in [-0.4, -0.2) is 23.8 Å². The summed E-state index contributed by atoms with van der Waals surface area (Å²) in [6, 6.07) is 10.6. The summed E-state index contributed by atoms with van der Waals surface area (Å²) >= 11 is 0. The average Bonchev–Trinajstić information content (AvgIpc) is 2.73. The van der Waals surface area contributed by atoms with Crippen molar-refractivity contribution in [2.75, 3.05) is 7.11 Å². The van der Waals surface area contributed by atoms with Gasteiger partial charge in [0.25, 0.3) is 11.8 Å². The predicted octanol–water partition coefficient (Wildman–Crippen LogP) is 2.63. The molecule has 2 amide bonds. The molecule has 0 unspecified atom stereocenters. The molecule has 1 aliphatic rings. The maximum absolute atomic E-state index is 13.4. The number of nitrogens with zero attached hydrogens (tertiary/aromatic N) is 1. The van der Waals surface area contributed by atoms with Crippen molar-refractivity contribution in [3.05, 3.63) is 65.0 Å². The molecule has 5 heteroatoms. The minimum Gasteiger partial charge on any atom is -0.496 e. The molecule has 2 aromatic rings. The molecule has 0 aliphatic carbocycles. The first-order valence-corrected chi connectivity index (χ1v) is 6.39. The lowest BCUT2D eigenvalue weighted by Gasteiger charge is -2.16. The molecule has 0 radical (unpaired) electrons. The number of ether oxygens (including phenoxy) is 1. The second-order valence-electron chi connectivity index (χ2n) is 4.70. The van der Waals surface area contributed by atoms with E-state index in [-0.39, 0.29) is 18.4 Å². The predicted molar refractivity (Wildman–Crippen MR) is 73.6 cm³/mol. The van der Waals surface area contributed by atoms with Crippen molar-refractivity contribution in [3.63, 3.8) is 0 Å². The number of amides is 2. The van der Waals surface area contributed by atoms with Crippen LogP contribution in [-0.2, 0) is 6.54 Å². The Balaban J connectivity index is 1.96. The van der Waals surface area contributed by atoms with Crippen molar-refractivity contribution in [1.82, 2.24) is 4.90 Å². The van der Waals surface area contributed by atoms with Crippen molar-refractivity contribution in [2.24, 2.45) is 0 Å². The molecule has 106 valence electrons. The van der Waals surface area contributed by atoms with Crippen LogP contribution in [0.2, 0.25) is 0 Å². The van der Waals surface area contributed by atoms with Crippen molar-refractivity contribution < 1.29 is 18.7 Å². The normalized spacial score (nSPS) is 13.5. The van der Waals surface area contributed by atoms with Crippen LogP contribution in [0.4, 0.5) is 4.39 Å². The van der Waals surface area contributed by atoms with Crippen molar-refractivity contribution in [1.29, 1.82) is 0 Å². The summed E-state index contributed by atoms with van der Waals surface area (Å²) in [6.07, 6.45) is 0. The van der Waals surface area contributed by atoms with E-state index >= 15 is 0 Å². The van der Waals surface area contributed by atoms with Gasteiger partial charge in [-0.25, -0.2) is 4.39 Å². The van der Waals surface area contributed by atoms with Crippen LogP contribution < -0.4 is 4.74 Å². The molecule has 0 bridgehead atoms. The number of methoxy groups -OCH3 is 1. The Hall–Kier alpha value is -2.69. The van der Waals surface area contributed by atoms with Gasteiger partial charge in [0.05, 0.1) is 24.8 Å². The monoisotopic (exact) mass is 285 g/mol. The van der Waals surface area contributed by atoms with Gasteiger partial charge in [-0.1, -0.05) is 12.1 Å². The molecule has 2 aromatic carbocycles. The third-order valence-electron chi connectivity index (χ3n) is 3.45. The Morgan fingerprint density at radius 1 is 1.05 bits per heavy atom. The molecule has 0 fully saturated rings. The lowest BCUT2D eigenvalue weighted by atomic mass is 10.1. The standard InChI is InChI=1S/C16H12FNO3/c1-21-14-7-6-11(17)8-10(14)9-18-15(19)12-4-2-3-5-13(12)16(18)20/h2-8H,9H2,1H3. The van der Waals surface area contributed by atoms with Crippen molar-refractivity contribution in [3.8, 4) is 5.75 Å². The highest BCUT2D eigenvalue weighted by molar-refractivity contribution is 6.21. The van der Waals surface area contributed by atoms with Gasteiger partial charge in [0.15, 0.2) is 0 Å². The first kappa shape index (κ1) is 13.3. The summed E-state index contributed by atoms with van der Waals surface area (Å²) in [5, 5.41) is 0. The quantitative estimate of drug-likeness (QED) is 0.814. The van der Waals surface area contributed by atoms with Crippen LogP contribution in [0, 0.1) is 5.82 Å². The second kappa shape index (κ2) is 5.01. The van der Waals surface area contributed by atoms with Gasteiger partial charge in [-0.05, 0) is 30.3 Å². The minimum absolute atomic E-state index is 0.0206. The molecule has 0 saturated carbocycles. The average molecular weight is 285 g/mol. The highest BCUT2D eigenvalue weighted by Gasteiger charge is 2.35. The van der Waals surface area contributed by atoms with E-state index in [9.17, 15) is 14.0 Å². The van der Waals surface area contributed by atoms with Gasteiger partial charge < -0.3 is 4.74 Å². The van der Waals surface area contributed by atoms with Gasteiger partial charge in [-0.2, -0.15) is 0 Å². The fraction of sp³-hybridized carbons (Fsp3) is 0.125. The first-order valence-electron chi connectivity index (χ1n) is 6.39. The number of halogens is 1. The molecular formula is C16H12FNO3. The molecule has 0 N–H and O–H groups in total. The molecule has 0 aromatic heterocycles. The van der Waals surface area contributed by atoms with Crippen LogP contribution in [0.3, 0.4) is 0 Å². The maximum atomic E-state index is 13.4. The van der Waals surface area contributed by atoms with E-state index in [0.29, 0.717) is 22.4 Å². The third-order valence-corrected chi connectivity index (χ3v) is 3.45. The Labute approximate surface area is 120 Å². The lowest BCUT2D eigenvalue weighted by Crippen LogP contribution is -2.29. The van der Waals surface area contributed by atoms with E-state index < -0.39 is 5.82 Å². The summed E-state index contributed by atoms with van der Waals surface area (Å²) in [7, 11) is 1.46. The maximum Gasteiger partial charge on any atom is 0.261 e. The van der Waals surface area contributed by atoms with Gasteiger partial charge in [-0.3, -0.25) is 14.5 Å². The Bertz CT molecular complexity index is 707. The number of rotatable bonds is 3. The molecule has 4 nitrogen and oxygen atoms in total. The van der Waals surface area contributed by atoms with E-state index in [1.807, 2.05) is 0 Å². The molecule has 0 spiro atoms. The van der Waals surface area contributed by atoms with Crippen LogP contribution in [0.15, 0.2) is 42.5 Å². The van der Waals surface area contributed by atoms with E-state index in [1.165, 1.54) is 25.3 Å². The smallest absolute Gasteiger partial charge is 0.261 e. The van der Waals surface area contributed by atoms with Crippen molar-refractivity contribution >= 4 is 11.8 Å². The topological polar surface area (TPSA) is 46.6 Å². The summed E-state index contributed by atoms with van der Waals surface area (Å²) < 4.78 is 18.5. The summed E-state index contributed by atoms with van der Waals surface area (Å²) in [4.78, 5) is 25.6. The fourth-order valence-corrected chi connectivity index (χ4v) is 2.42. The SMILES string of the molecule is COc1ccc(F)cc1CN1C(=O)c2ccccc2C1=O. The van der Waals surface area contributed by atoms with Crippen LogP contribution in [0.5, 0.6) is 5.75 Å². The van der Waals surface area contributed by atoms with Crippen LogP contribution >= 0.6 is 0 Å². The number of hydrogen-bond acceptors (Lipinski definition) is 3. The number of fused-ring (bicyclic) bond motifs is 1. The third kappa shape index (κ3) is 2.16. The summed E-state index contributed by atoms with van der Waals surface area (Å²) in [5.41, 5.74) is 1.20. The highest BCUT2D eigenvalue weighted by atomic mass is 19.1. The lowest BCUT2D eigenvalue weighted by molar-refractivity contribution is 0.0641. The van der Waals surface area contributed by atoms with E-state index in [2.05, 4.69) is 0 Å². The molecule has 0 atom stereocenters. The van der Waals surface area contributed by atoms with E-state index in [0.717, 1.165) is 4.90 Å². The number of carbonyl (C=O) groups excluding carboxylic acids is 2. The molecule has 1 heterocycles. The van der Waals surface area contributed by atoms with E-state index in [1.54, 1.807) is 24.3 Å². The zero-order valence-electron chi connectivity index (χ0n) is 11.3. The number of carbonyl (C=O) groups is 2. The number of benzene rings is 2. The Kier molecular flexibility index (Phi) is 3.17. The van der Waals surface area contributed by atoms with Gasteiger partial charge in [-0.15, -0.1) is 0 Å². The summed E-state index contributed by atoms with van der Waals surface area (Å²) in [6.45, 7) is -0.0206. The largest absolute Gasteiger partial charge is 0.496 e. The number of hydrogen-bond donors (Lipinski definition) is 0.